The number of carbonyl (C=O) groups excluding carboxylic acids is 2. The Morgan fingerprint density at radius 2 is 1.73 bits per heavy atom. The zero-order chi connectivity index (χ0) is 16.9. The summed E-state index contributed by atoms with van der Waals surface area (Å²) in [5.41, 5.74) is 5.64. The van der Waals surface area contributed by atoms with Gasteiger partial charge in [0.2, 0.25) is 11.8 Å². The molecule has 1 aliphatic carbocycles. The highest BCUT2D eigenvalue weighted by Gasteiger charge is 2.41. The minimum atomic E-state index is -4.16. The van der Waals surface area contributed by atoms with Gasteiger partial charge in [0.15, 0.2) is 0 Å². The van der Waals surface area contributed by atoms with E-state index in [0.717, 1.165) is 0 Å². The molecule has 1 aliphatic rings. The standard InChI is InChI=1S/C14H24F3N3O2/c1-8(2)12(18)13(22)19-7-11(21)20-10-5-3-9(4-6-10)14(15,16)17/h8-10,12H,3-7,18H2,1-2H3,(H,19,22)(H,20,21)/t9?,10?,12-/m0/s1. The first-order valence-corrected chi connectivity index (χ1v) is 7.50. The maximum absolute atomic E-state index is 12.5. The predicted molar refractivity (Wildman–Crippen MR) is 75.8 cm³/mol. The molecule has 0 aliphatic heterocycles. The van der Waals surface area contributed by atoms with Gasteiger partial charge in [0.1, 0.15) is 0 Å². The quantitative estimate of drug-likeness (QED) is 0.713. The van der Waals surface area contributed by atoms with Crippen LogP contribution in [0.3, 0.4) is 0 Å². The van der Waals surface area contributed by atoms with Crippen LogP contribution in [0.5, 0.6) is 0 Å². The Labute approximate surface area is 128 Å². The fraction of sp³-hybridized carbons (Fsp3) is 0.857. The van der Waals surface area contributed by atoms with Gasteiger partial charge < -0.3 is 16.4 Å². The molecule has 0 spiro atoms. The molecule has 1 atom stereocenters. The van der Waals surface area contributed by atoms with Crippen molar-refractivity contribution in [1.29, 1.82) is 0 Å². The Bertz CT molecular complexity index is 391. The fourth-order valence-corrected chi connectivity index (χ4v) is 2.43. The number of alkyl halides is 3. The van der Waals surface area contributed by atoms with Crippen molar-refractivity contribution in [3.63, 3.8) is 0 Å². The number of amides is 2. The summed E-state index contributed by atoms with van der Waals surface area (Å²) in [6.07, 6.45) is -3.50. The van der Waals surface area contributed by atoms with Crippen molar-refractivity contribution >= 4 is 11.8 Å². The van der Waals surface area contributed by atoms with E-state index in [0.29, 0.717) is 12.8 Å². The third-order valence-corrected chi connectivity index (χ3v) is 4.00. The molecule has 4 N–H and O–H groups in total. The van der Waals surface area contributed by atoms with Crippen LogP contribution in [0.2, 0.25) is 0 Å². The first-order valence-electron chi connectivity index (χ1n) is 7.50. The molecule has 0 unspecified atom stereocenters. The second-order valence-electron chi connectivity index (χ2n) is 6.15. The topological polar surface area (TPSA) is 84.2 Å². The van der Waals surface area contributed by atoms with Gasteiger partial charge in [-0.3, -0.25) is 9.59 Å². The summed E-state index contributed by atoms with van der Waals surface area (Å²) in [6.45, 7) is 3.38. The van der Waals surface area contributed by atoms with Crippen LogP contribution in [0, 0.1) is 11.8 Å². The maximum Gasteiger partial charge on any atom is 0.391 e. The van der Waals surface area contributed by atoms with E-state index < -0.39 is 30.0 Å². The van der Waals surface area contributed by atoms with Gasteiger partial charge in [-0.05, 0) is 31.6 Å². The van der Waals surface area contributed by atoms with Gasteiger partial charge in [-0.2, -0.15) is 13.2 Å². The summed E-state index contributed by atoms with van der Waals surface area (Å²) < 4.78 is 37.6. The van der Waals surface area contributed by atoms with Crippen molar-refractivity contribution in [2.24, 2.45) is 17.6 Å². The third-order valence-electron chi connectivity index (χ3n) is 4.00. The lowest BCUT2D eigenvalue weighted by atomic mass is 9.85. The minimum absolute atomic E-state index is 0.0268. The molecule has 0 aromatic heterocycles. The van der Waals surface area contributed by atoms with Crippen LogP contribution in [0.25, 0.3) is 0 Å². The molecule has 1 fully saturated rings. The van der Waals surface area contributed by atoms with Crippen LogP contribution in [0.4, 0.5) is 13.2 Å². The number of nitrogens with two attached hydrogens (primary N) is 1. The largest absolute Gasteiger partial charge is 0.391 e. The van der Waals surface area contributed by atoms with Crippen molar-refractivity contribution in [3.05, 3.63) is 0 Å². The van der Waals surface area contributed by atoms with Crippen molar-refractivity contribution in [1.82, 2.24) is 10.6 Å². The molecular formula is C14H24F3N3O2. The summed E-state index contributed by atoms with van der Waals surface area (Å²) in [6, 6.07) is -0.947. The lowest BCUT2D eigenvalue weighted by molar-refractivity contribution is -0.182. The van der Waals surface area contributed by atoms with Gasteiger partial charge in [-0.25, -0.2) is 0 Å². The zero-order valence-corrected chi connectivity index (χ0v) is 12.9. The van der Waals surface area contributed by atoms with Crippen molar-refractivity contribution in [3.8, 4) is 0 Å². The van der Waals surface area contributed by atoms with Crippen LogP contribution < -0.4 is 16.4 Å². The van der Waals surface area contributed by atoms with E-state index in [-0.39, 0.29) is 31.3 Å². The molecule has 0 aromatic rings. The Morgan fingerprint density at radius 1 is 1.18 bits per heavy atom. The van der Waals surface area contributed by atoms with Crippen molar-refractivity contribution in [2.75, 3.05) is 6.54 Å². The zero-order valence-electron chi connectivity index (χ0n) is 12.9. The maximum atomic E-state index is 12.5. The normalized spacial score (nSPS) is 24.0. The first-order chi connectivity index (χ1) is 10.1. The lowest BCUT2D eigenvalue weighted by Crippen LogP contribution is -2.49. The molecule has 8 heteroatoms. The summed E-state index contributed by atoms with van der Waals surface area (Å²) >= 11 is 0. The number of hydrogen-bond acceptors (Lipinski definition) is 3. The van der Waals surface area contributed by atoms with Gasteiger partial charge in [0.05, 0.1) is 18.5 Å². The van der Waals surface area contributed by atoms with Gasteiger partial charge in [0, 0.05) is 6.04 Å². The Kier molecular flexibility index (Phi) is 6.65. The number of rotatable bonds is 5. The summed E-state index contributed by atoms with van der Waals surface area (Å²) in [7, 11) is 0. The molecular weight excluding hydrogens is 299 g/mol. The van der Waals surface area contributed by atoms with E-state index in [9.17, 15) is 22.8 Å². The van der Waals surface area contributed by atoms with Gasteiger partial charge in [-0.1, -0.05) is 13.8 Å². The molecule has 0 radical (unpaired) electrons. The predicted octanol–water partition coefficient (Wildman–Crippen LogP) is 1.32. The second-order valence-corrected chi connectivity index (χ2v) is 6.15. The van der Waals surface area contributed by atoms with Crippen molar-refractivity contribution in [2.45, 2.75) is 57.8 Å². The molecule has 128 valence electrons. The smallest absolute Gasteiger partial charge is 0.352 e. The van der Waals surface area contributed by atoms with Gasteiger partial charge in [-0.15, -0.1) is 0 Å². The molecule has 0 saturated heterocycles. The van der Waals surface area contributed by atoms with E-state index in [1.165, 1.54) is 0 Å². The van der Waals surface area contributed by atoms with Crippen LogP contribution in [-0.4, -0.2) is 36.6 Å². The third kappa shape index (κ3) is 5.82. The Balaban J connectivity index is 2.28. The SMILES string of the molecule is CC(C)[C@H](N)C(=O)NCC(=O)NC1CCC(C(F)(F)F)CC1. The van der Waals surface area contributed by atoms with E-state index >= 15 is 0 Å². The average Bonchev–Trinajstić information content (AvgIpc) is 2.43. The summed E-state index contributed by atoms with van der Waals surface area (Å²) in [5, 5.41) is 5.08. The highest BCUT2D eigenvalue weighted by atomic mass is 19.4. The molecule has 0 heterocycles. The van der Waals surface area contributed by atoms with Crippen LogP contribution in [0.1, 0.15) is 39.5 Å². The molecule has 0 aromatic carbocycles. The highest BCUT2D eigenvalue weighted by molar-refractivity contribution is 5.87. The number of halogens is 3. The van der Waals surface area contributed by atoms with Gasteiger partial charge in [0.25, 0.3) is 0 Å². The van der Waals surface area contributed by atoms with E-state index in [1.54, 1.807) is 13.8 Å². The van der Waals surface area contributed by atoms with E-state index in [1.807, 2.05) is 0 Å². The molecule has 2 amide bonds. The molecule has 1 rings (SSSR count). The molecule has 1 saturated carbocycles. The summed E-state index contributed by atoms with van der Waals surface area (Å²) in [4.78, 5) is 23.3. The van der Waals surface area contributed by atoms with E-state index in [4.69, 9.17) is 5.73 Å². The fourth-order valence-electron chi connectivity index (χ4n) is 2.43. The number of nitrogens with one attached hydrogen (secondary N) is 2. The monoisotopic (exact) mass is 323 g/mol. The molecule has 5 nitrogen and oxygen atoms in total. The highest BCUT2D eigenvalue weighted by Crippen LogP contribution is 2.37. The van der Waals surface area contributed by atoms with Crippen molar-refractivity contribution < 1.29 is 22.8 Å². The second kappa shape index (κ2) is 7.80. The number of hydrogen-bond donors (Lipinski definition) is 3. The van der Waals surface area contributed by atoms with Crippen LogP contribution in [0.15, 0.2) is 0 Å². The Morgan fingerprint density at radius 3 is 2.18 bits per heavy atom. The van der Waals surface area contributed by atoms with Crippen LogP contribution >= 0.6 is 0 Å². The Hall–Kier alpha value is -1.31. The van der Waals surface area contributed by atoms with Gasteiger partial charge >= 0.3 is 6.18 Å². The van der Waals surface area contributed by atoms with E-state index in [2.05, 4.69) is 10.6 Å². The molecule has 0 bridgehead atoms. The minimum Gasteiger partial charge on any atom is -0.352 e. The lowest BCUT2D eigenvalue weighted by Gasteiger charge is -2.30. The summed E-state index contributed by atoms with van der Waals surface area (Å²) in [5.74, 6) is -2.13. The first kappa shape index (κ1) is 18.7. The average molecular weight is 323 g/mol. The molecule has 22 heavy (non-hydrogen) atoms. The number of carbonyl (C=O) groups is 2. The van der Waals surface area contributed by atoms with Crippen LogP contribution in [-0.2, 0) is 9.59 Å².